The van der Waals surface area contributed by atoms with Gasteiger partial charge in [-0.2, -0.15) is 0 Å². The molecular weight excluding hydrogens is 583 g/mol. The zero-order chi connectivity index (χ0) is 30.5. The first-order valence-electron chi connectivity index (χ1n) is 14.4. The summed E-state index contributed by atoms with van der Waals surface area (Å²) in [7, 11) is 0. The molecule has 0 unspecified atom stereocenters. The Kier molecular flexibility index (Phi) is 9.02. The van der Waals surface area contributed by atoms with E-state index < -0.39 is 0 Å². The summed E-state index contributed by atoms with van der Waals surface area (Å²) in [5.41, 5.74) is 4.16. The molecule has 2 N–H and O–H groups in total. The highest BCUT2D eigenvalue weighted by Gasteiger charge is 2.21. The summed E-state index contributed by atoms with van der Waals surface area (Å²) in [6, 6.07) is 19.6. The fraction of sp³-hybridized carbons (Fsp3) is 0.242. The van der Waals surface area contributed by atoms with E-state index in [1.54, 1.807) is 24.3 Å². The van der Waals surface area contributed by atoms with E-state index in [0.717, 1.165) is 40.8 Å². The van der Waals surface area contributed by atoms with Gasteiger partial charge >= 0.3 is 0 Å². The fourth-order valence-corrected chi connectivity index (χ4v) is 5.52. The second-order valence-corrected chi connectivity index (χ2v) is 11.1. The van der Waals surface area contributed by atoms with E-state index in [1.165, 1.54) is 18.5 Å². The van der Waals surface area contributed by atoms with Crippen LogP contribution in [0.3, 0.4) is 0 Å². The third-order valence-corrected chi connectivity index (χ3v) is 7.95. The van der Waals surface area contributed by atoms with Crippen LogP contribution in [0.2, 0.25) is 5.02 Å². The van der Waals surface area contributed by atoms with Crippen molar-refractivity contribution >= 4 is 39.9 Å². The van der Waals surface area contributed by atoms with Crippen LogP contribution in [0.15, 0.2) is 85.5 Å². The molecule has 0 bridgehead atoms. The minimum absolute atomic E-state index is 0.0817. The fourth-order valence-electron chi connectivity index (χ4n) is 5.28. The number of piperazine rings is 1. The Labute approximate surface area is 259 Å². The summed E-state index contributed by atoms with van der Waals surface area (Å²) in [5, 5.41) is 13.7. The number of aliphatic hydroxyl groups excluding tert-OH is 1. The lowest BCUT2D eigenvalue weighted by atomic mass is 10.1. The molecule has 1 aliphatic heterocycles. The van der Waals surface area contributed by atoms with Crippen LogP contribution in [0.1, 0.15) is 5.56 Å². The van der Waals surface area contributed by atoms with Crippen molar-refractivity contribution in [3.05, 3.63) is 102 Å². The lowest BCUT2D eigenvalue weighted by molar-refractivity contribution is -0.133. The molecule has 11 heteroatoms. The number of amides is 1. The molecule has 0 aliphatic carbocycles. The number of aromatic nitrogens is 3. The van der Waals surface area contributed by atoms with Gasteiger partial charge in [0, 0.05) is 56.2 Å². The van der Waals surface area contributed by atoms with Crippen LogP contribution in [0.25, 0.3) is 22.0 Å². The quantitative estimate of drug-likeness (QED) is 0.219. The first-order chi connectivity index (χ1) is 21.4. The molecular formula is C33H32ClFN6O3. The number of hydrogen-bond donors (Lipinski definition) is 2. The number of ether oxygens (including phenoxy) is 1. The summed E-state index contributed by atoms with van der Waals surface area (Å²) < 4.78 is 21.2. The van der Waals surface area contributed by atoms with Crippen molar-refractivity contribution in [1.29, 1.82) is 0 Å². The van der Waals surface area contributed by atoms with Crippen LogP contribution >= 0.6 is 11.6 Å². The molecule has 5 aromatic rings. The van der Waals surface area contributed by atoms with Gasteiger partial charge in [-0.3, -0.25) is 9.69 Å². The molecule has 1 saturated heterocycles. The van der Waals surface area contributed by atoms with Gasteiger partial charge in [0.15, 0.2) is 0 Å². The highest BCUT2D eigenvalue weighted by Crippen LogP contribution is 2.32. The number of carbonyl (C=O) groups excluding carboxylic acids is 1. The van der Waals surface area contributed by atoms with E-state index in [0.29, 0.717) is 41.8 Å². The number of aliphatic hydroxyl groups is 1. The van der Waals surface area contributed by atoms with Gasteiger partial charge in [0.25, 0.3) is 0 Å². The highest BCUT2D eigenvalue weighted by atomic mass is 35.5. The number of fused-ring (bicyclic) bond motifs is 1. The van der Waals surface area contributed by atoms with Crippen molar-refractivity contribution in [2.45, 2.75) is 13.2 Å². The number of rotatable bonds is 10. The predicted molar refractivity (Wildman–Crippen MR) is 169 cm³/mol. The molecule has 2 aromatic heterocycles. The van der Waals surface area contributed by atoms with Crippen LogP contribution in [-0.2, 0) is 17.9 Å². The molecule has 1 amide bonds. The van der Waals surface area contributed by atoms with Gasteiger partial charge in [0.2, 0.25) is 5.91 Å². The lowest BCUT2D eigenvalue weighted by Gasteiger charge is -2.34. The summed E-state index contributed by atoms with van der Waals surface area (Å²) in [6.07, 6.45) is 5.40. The van der Waals surface area contributed by atoms with Gasteiger partial charge in [-0.15, -0.1) is 0 Å². The monoisotopic (exact) mass is 614 g/mol. The second-order valence-electron chi connectivity index (χ2n) is 10.7. The molecule has 0 atom stereocenters. The average Bonchev–Trinajstić information content (AvgIpc) is 3.49. The van der Waals surface area contributed by atoms with Gasteiger partial charge in [-0.05, 0) is 65.2 Å². The zero-order valence-electron chi connectivity index (χ0n) is 24.0. The molecule has 226 valence electrons. The Bertz CT molecular complexity index is 1770. The topological polar surface area (TPSA) is 95.8 Å². The maximum absolute atomic E-state index is 13.5. The van der Waals surface area contributed by atoms with Gasteiger partial charge < -0.3 is 24.6 Å². The average molecular weight is 615 g/mol. The Balaban J connectivity index is 1.13. The largest absolute Gasteiger partial charge is 0.487 e. The van der Waals surface area contributed by atoms with Gasteiger partial charge in [-0.1, -0.05) is 29.8 Å². The van der Waals surface area contributed by atoms with E-state index in [4.69, 9.17) is 21.4 Å². The van der Waals surface area contributed by atoms with Crippen molar-refractivity contribution in [2.24, 2.45) is 0 Å². The SMILES string of the molecule is O=C(Cn1ccc(-c2ccc3ncnc(Nc4ccc(OCc5cccc(F)c5)c(Cl)c4)c3c2)c1)N1CCN(CCO)CC1. The number of β-amino-alcohol motifs (C(OH)–C–C–N with tert-alkyl or cyclic N) is 1. The Morgan fingerprint density at radius 3 is 2.66 bits per heavy atom. The first kappa shape index (κ1) is 29.6. The number of nitrogens with one attached hydrogen (secondary N) is 1. The summed E-state index contributed by atoms with van der Waals surface area (Å²) in [6.45, 7) is 4.14. The van der Waals surface area contributed by atoms with Crippen LogP contribution in [-0.4, -0.2) is 74.7 Å². The van der Waals surface area contributed by atoms with E-state index in [2.05, 4.69) is 20.2 Å². The standard InChI is InChI=1S/C33H32ClFN6O3/c34-29-18-27(5-7-31(29)44-21-23-2-1-3-26(35)16-23)38-33-28-17-24(4-6-30(28)36-22-37-33)25-8-9-40(19-25)20-32(43)41-12-10-39(11-13-41)14-15-42/h1-9,16-19,22,42H,10-15,20-21H2,(H,36,37,38). The highest BCUT2D eigenvalue weighted by molar-refractivity contribution is 6.32. The predicted octanol–water partition coefficient (Wildman–Crippen LogP) is 5.35. The molecule has 44 heavy (non-hydrogen) atoms. The van der Waals surface area contributed by atoms with Crippen molar-refractivity contribution in [3.8, 4) is 16.9 Å². The summed E-state index contributed by atoms with van der Waals surface area (Å²) in [4.78, 5) is 25.9. The molecule has 1 aliphatic rings. The summed E-state index contributed by atoms with van der Waals surface area (Å²) >= 11 is 6.51. The van der Waals surface area contributed by atoms with Gasteiger partial charge in [-0.25, -0.2) is 14.4 Å². The van der Waals surface area contributed by atoms with Gasteiger partial charge in [0.05, 0.1) is 17.1 Å². The van der Waals surface area contributed by atoms with Crippen LogP contribution in [0.4, 0.5) is 15.9 Å². The van der Waals surface area contributed by atoms with E-state index in [1.807, 2.05) is 52.2 Å². The normalized spacial score (nSPS) is 13.8. The molecule has 3 aromatic carbocycles. The molecule has 0 spiro atoms. The second kappa shape index (κ2) is 13.4. The molecule has 1 fully saturated rings. The third-order valence-electron chi connectivity index (χ3n) is 7.66. The number of benzene rings is 3. The number of carbonyl (C=O) groups is 1. The smallest absolute Gasteiger partial charge is 0.242 e. The molecule has 6 rings (SSSR count). The number of halogens is 2. The third kappa shape index (κ3) is 6.99. The van der Waals surface area contributed by atoms with Crippen LogP contribution < -0.4 is 10.1 Å². The van der Waals surface area contributed by atoms with E-state index in [9.17, 15) is 9.18 Å². The van der Waals surface area contributed by atoms with Gasteiger partial charge in [0.1, 0.15) is 36.9 Å². The number of hydrogen-bond acceptors (Lipinski definition) is 7. The number of nitrogens with zero attached hydrogens (tertiary/aromatic N) is 5. The van der Waals surface area contributed by atoms with Crippen molar-refractivity contribution in [1.82, 2.24) is 24.3 Å². The van der Waals surface area contributed by atoms with Crippen LogP contribution in [0.5, 0.6) is 5.75 Å². The Morgan fingerprint density at radius 2 is 1.86 bits per heavy atom. The molecule has 0 saturated carbocycles. The maximum atomic E-state index is 13.5. The minimum Gasteiger partial charge on any atom is -0.487 e. The van der Waals surface area contributed by atoms with E-state index >= 15 is 0 Å². The molecule has 0 radical (unpaired) electrons. The maximum Gasteiger partial charge on any atom is 0.242 e. The first-order valence-corrected chi connectivity index (χ1v) is 14.8. The zero-order valence-corrected chi connectivity index (χ0v) is 24.8. The number of anilines is 2. The molecule has 9 nitrogen and oxygen atoms in total. The minimum atomic E-state index is -0.315. The van der Waals surface area contributed by atoms with Crippen LogP contribution in [0, 0.1) is 5.82 Å². The Morgan fingerprint density at radius 1 is 1.00 bits per heavy atom. The van der Waals surface area contributed by atoms with E-state index in [-0.39, 0.29) is 31.5 Å². The van der Waals surface area contributed by atoms with Crippen molar-refractivity contribution < 1.29 is 19.0 Å². The summed E-state index contributed by atoms with van der Waals surface area (Å²) in [5.74, 6) is 0.878. The Hall–Kier alpha value is -4.51. The molecule has 3 heterocycles. The van der Waals surface area contributed by atoms with Crippen molar-refractivity contribution in [3.63, 3.8) is 0 Å². The van der Waals surface area contributed by atoms with Crippen molar-refractivity contribution in [2.75, 3.05) is 44.6 Å². The lowest BCUT2D eigenvalue weighted by Crippen LogP contribution is -2.50.